The maximum atomic E-state index is 13.6. The minimum absolute atomic E-state index is 0.195. The van der Waals surface area contributed by atoms with E-state index >= 15 is 0 Å². The average Bonchev–Trinajstić information content (AvgIpc) is 2.74. The molecule has 1 saturated heterocycles. The number of fused-ring (bicyclic) bond motifs is 1. The number of carbonyl (C=O) groups is 1. The second kappa shape index (κ2) is 8.10. The number of alkyl halides is 3. The van der Waals surface area contributed by atoms with Crippen molar-refractivity contribution in [3.05, 3.63) is 58.7 Å². The van der Waals surface area contributed by atoms with Crippen LogP contribution in [0, 0.1) is 0 Å². The minimum Gasteiger partial charge on any atom is -0.351 e. The van der Waals surface area contributed by atoms with Gasteiger partial charge in [-0.2, -0.15) is 13.2 Å². The third-order valence-electron chi connectivity index (χ3n) is 4.78. The predicted molar refractivity (Wildman–Crippen MR) is 111 cm³/mol. The molecule has 0 saturated carbocycles. The van der Waals surface area contributed by atoms with Crippen LogP contribution in [0.5, 0.6) is 0 Å². The molecule has 0 aliphatic carbocycles. The molecule has 4 rings (SSSR count). The van der Waals surface area contributed by atoms with Gasteiger partial charge in [0.25, 0.3) is 0 Å². The summed E-state index contributed by atoms with van der Waals surface area (Å²) in [7, 11) is 0. The minimum atomic E-state index is -4.62. The predicted octanol–water partition coefficient (Wildman–Crippen LogP) is 4.77. The van der Waals surface area contributed by atoms with E-state index in [4.69, 9.17) is 0 Å². The molecule has 1 N–H and O–H groups in total. The van der Waals surface area contributed by atoms with Crippen molar-refractivity contribution in [3.63, 3.8) is 0 Å². The van der Waals surface area contributed by atoms with Crippen LogP contribution in [0.1, 0.15) is 5.69 Å². The Morgan fingerprint density at radius 2 is 1.53 bits per heavy atom. The van der Waals surface area contributed by atoms with E-state index in [1.165, 1.54) is 11.0 Å². The highest BCUT2D eigenvalue weighted by Gasteiger charge is 2.39. The van der Waals surface area contributed by atoms with Gasteiger partial charge in [-0.1, -0.05) is 28.1 Å². The zero-order valence-corrected chi connectivity index (χ0v) is 17.2. The summed E-state index contributed by atoms with van der Waals surface area (Å²) in [6.07, 6.45) is -4.62. The first-order chi connectivity index (χ1) is 14.3. The zero-order chi connectivity index (χ0) is 21.3. The molecular formula is C20H17BrF3N5O. The maximum absolute atomic E-state index is 13.6. The number of para-hydroxylation sites is 2. The number of hydrogen-bond acceptors (Lipinski definition) is 4. The molecule has 2 amide bonds. The molecule has 6 nitrogen and oxygen atoms in total. The molecule has 156 valence electrons. The molecule has 1 aromatic heterocycles. The molecule has 1 aliphatic heterocycles. The van der Waals surface area contributed by atoms with E-state index in [2.05, 4.69) is 31.2 Å². The van der Waals surface area contributed by atoms with Crippen molar-refractivity contribution in [2.24, 2.45) is 0 Å². The van der Waals surface area contributed by atoms with E-state index in [9.17, 15) is 18.0 Å². The fourth-order valence-corrected chi connectivity index (χ4v) is 3.52. The summed E-state index contributed by atoms with van der Waals surface area (Å²) >= 11 is 3.33. The van der Waals surface area contributed by atoms with Crippen LogP contribution in [0.4, 0.5) is 29.5 Å². The van der Waals surface area contributed by atoms with Gasteiger partial charge in [-0.25, -0.2) is 14.8 Å². The van der Waals surface area contributed by atoms with Crippen molar-refractivity contribution in [1.29, 1.82) is 0 Å². The fourth-order valence-electron chi connectivity index (χ4n) is 3.26. The summed E-state index contributed by atoms with van der Waals surface area (Å²) in [5.74, 6) is -0.200. The Kier molecular flexibility index (Phi) is 5.50. The van der Waals surface area contributed by atoms with Gasteiger partial charge in [0.05, 0.1) is 11.0 Å². The Balaban J connectivity index is 1.50. The average molecular weight is 480 g/mol. The molecule has 1 fully saturated rings. The van der Waals surface area contributed by atoms with Crippen molar-refractivity contribution < 1.29 is 18.0 Å². The summed E-state index contributed by atoms with van der Waals surface area (Å²) in [5.41, 5.74) is 0.233. The van der Waals surface area contributed by atoms with Gasteiger partial charge in [-0.05, 0) is 36.4 Å². The smallest absolute Gasteiger partial charge is 0.351 e. The molecule has 2 heterocycles. The van der Waals surface area contributed by atoms with Gasteiger partial charge < -0.3 is 15.1 Å². The molecule has 10 heteroatoms. The SMILES string of the molecule is O=C(Nc1ccc(Br)cc1)N1CCN(c2nc3ccccc3nc2C(F)(F)F)CC1. The lowest BCUT2D eigenvalue weighted by Crippen LogP contribution is -2.50. The van der Waals surface area contributed by atoms with Crippen LogP contribution < -0.4 is 10.2 Å². The number of nitrogens with one attached hydrogen (secondary N) is 1. The molecule has 0 atom stereocenters. The van der Waals surface area contributed by atoms with Crippen LogP contribution in [0.2, 0.25) is 0 Å². The number of carbonyl (C=O) groups excluding carboxylic acids is 1. The summed E-state index contributed by atoms with van der Waals surface area (Å²) in [5, 5.41) is 2.79. The maximum Gasteiger partial charge on any atom is 0.437 e. The van der Waals surface area contributed by atoms with Crippen molar-refractivity contribution in [2.75, 3.05) is 36.4 Å². The second-order valence-electron chi connectivity index (χ2n) is 6.79. The van der Waals surface area contributed by atoms with Crippen LogP contribution in [0.25, 0.3) is 11.0 Å². The van der Waals surface area contributed by atoms with Crippen molar-refractivity contribution in [1.82, 2.24) is 14.9 Å². The summed E-state index contributed by atoms with van der Waals surface area (Å²) in [6.45, 7) is 0.996. The monoisotopic (exact) mass is 479 g/mol. The third-order valence-corrected chi connectivity index (χ3v) is 5.31. The van der Waals surface area contributed by atoms with Gasteiger partial charge in [-0.15, -0.1) is 0 Å². The fraction of sp³-hybridized carbons (Fsp3) is 0.250. The van der Waals surface area contributed by atoms with E-state index < -0.39 is 11.9 Å². The van der Waals surface area contributed by atoms with Crippen LogP contribution in [0.15, 0.2) is 53.0 Å². The zero-order valence-electron chi connectivity index (χ0n) is 15.7. The number of halogens is 4. The Morgan fingerprint density at radius 3 is 2.13 bits per heavy atom. The lowest BCUT2D eigenvalue weighted by Gasteiger charge is -2.36. The van der Waals surface area contributed by atoms with E-state index in [0.29, 0.717) is 11.2 Å². The standard InChI is InChI=1S/C20H17BrF3N5O/c21-13-5-7-14(8-6-13)25-19(30)29-11-9-28(10-12-29)18-17(20(22,23)24)26-15-3-1-2-4-16(15)27-18/h1-8H,9-12H2,(H,25,30). The number of urea groups is 1. The Hall–Kier alpha value is -2.88. The second-order valence-corrected chi connectivity index (χ2v) is 7.71. The number of amides is 2. The van der Waals surface area contributed by atoms with Crippen LogP contribution in [-0.4, -0.2) is 47.1 Å². The third kappa shape index (κ3) is 4.33. The number of nitrogens with zero attached hydrogens (tertiary/aromatic N) is 4. The van der Waals surface area contributed by atoms with Crippen molar-refractivity contribution >= 4 is 44.5 Å². The number of anilines is 2. The number of piperazine rings is 1. The molecule has 3 aromatic rings. The first kappa shape index (κ1) is 20.4. The lowest BCUT2D eigenvalue weighted by molar-refractivity contribution is -0.140. The van der Waals surface area contributed by atoms with Crippen LogP contribution in [0.3, 0.4) is 0 Å². The molecule has 0 bridgehead atoms. The molecule has 0 spiro atoms. The van der Waals surface area contributed by atoms with Crippen molar-refractivity contribution in [3.8, 4) is 0 Å². The summed E-state index contributed by atoms with van der Waals surface area (Å²) in [6, 6.07) is 13.3. The Labute approximate surface area is 178 Å². The number of hydrogen-bond donors (Lipinski definition) is 1. The van der Waals surface area contributed by atoms with Crippen LogP contribution >= 0.6 is 15.9 Å². The highest BCUT2D eigenvalue weighted by atomic mass is 79.9. The van der Waals surface area contributed by atoms with Gasteiger partial charge in [0.15, 0.2) is 11.5 Å². The first-order valence-electron chi connectivity index (χ1n) is 9.22. The Bertz CT molecular complexity index is 1070. The van der Waals surface area contributed by atoms with Gasteiger partial charge in [0.2, 0.25) is 0 Å². The van der Waals surface area contributed by atoms with E-state index in [1.54, 1.807) is 35.2 Å². The molecule has 2 aromatic carbocycles. The largest absolute Gasteiger partial charge is 0.437 e. The van der Waals surface area contributed by atoms with E-state index in [-0.39, 0.29) is 43.5 Å². The Morgan fingerprint density at radius 1 is 0.933 bits per heavy atom. The summed E-state index contributed by atoms with van der Waals surface area (Å²) in [4.78, 5) is 23.6. The number of aromatic nitrogens is 2. The number of rotatable bonds is 2. The van der Waals surface area contributed by atoms with Gasteiger partial charge >= 0.3 is 12.2 Å². The topological polar surface area (TPSA) is 61.4 Å². The molecule has 30 heavy (non-hydrogen) atoms. The van der Waals surface area contributed by atoms with Gasteiger partial charge in [0.1, 0.15) is 0 Å². The molecule has 0 radical (unpaired) electrons. The molecule has 1 aliphatic rings. The number of benzene rings is 2. The van der Waals surface area contributed by atoms with E-state index in [0.717, 1.165) is 4.47 Å². The van der Waals surface area contributed by atoms with Gasteiger partial charge in [-0.3, -0.25) is 0 Å². The lowest BCUT2D eigenvalue weighted by atomic mass is 10.2. The molecule has 0 unspecified atom stereocenters. The summed E-state index contributed by atoms with van der Waals surface area (Å²) < 4.78 is 41.7. The quantitative estimate of drug-likeness (QED) is 0.575. The highest BCUT2D eigenvalue weighted by Crippen LogP contribution is 2.35. The molecular weight excluding hydrogens is 463 g/mol. The highest BCUT2D eigenvalue weighted by molar-refractivity contribution is 9.10. The first-order valence-corrected chi connectivity index (χ1v) is 10.0. The van der Waals surface area contributed by atoms with E-state index in [1.807, 2.05) is 12.1 Å². The normalized spacial score (nSPS) is 14.8. The van der Waals surface area contributed by atoms with Crippen LogP contribution in [-0.2, 0) is 6.18 Å². The van der Waals surface area contributed by atoms with Gasteiger partial charge in [0, 0.05) is 36.3 Å². The van der Waals surface area contributed by atoms with Crippen molar-refractivity contribution in [2.45, 2.75) is 6.18 Å².